The van der Waals surface area contributed by atoms with Crippen LogP contribution in [0.5, 0.6) is 5.75 Å². The molecule has 1 atom stereocenters. The first-order valence-electron chi connectivity index (χ1n) is 13.8. The van der Waals surface area contributed by atoms with Gasteiger partial charge in [-0.15, -0.1) is 0 Å². The summed E-state index contributed by atoms with van der Waals surface area (Å²) in [5, 5.41) is 9.29. The highest BCUT2D eigenvalue weighted by Gasteiger charge is 2.23. The van der Waals surface area contributed by atoms with Gasteiger partial charge in [-0.1, -0.05) is 41.4 Å². The van der Waals surface area contributed by atoms with Crippen LogP contribution in [0.25, 0.3) is 0 Å². The molecule has 3 aromatic rings. The van der Waals surface area contributed by atoms with Gasteiger partial charge in [-0.2, -0.15) is 0 Å². The summed E-state index contributed by atoms with van der Waals surface area (Å²) in [5.74, 6) is -0.155. The first-order chi connectivity index (χ1) is 20.3. The van der Waals surface area contributed by atoms with Crippen molar-refractivity contribution in [3.8, 4) is 5.75 Å². The van der Waals surface area contributed by atoms with Crippen LogP contribution >= 0.6 is 23.2 Å². The number of hydrogen-bond acceptors (Lipinski definition) is 5. The number of nitrogens with zero attached hydrogens (tertiary/aromatic N) is 2. The molecule has 0 aromatic heterocycles. The van der Waals surface area contributed by atoms with Gasteiger partial charge in [0, 0.05) is 55.3 Å². The normalized spacial score (nSPS) is 14.0. The molecular weight excluding hydrogens is 577 g/mol. The molecule has 1 saturated heterocycles. The number of benzene rings is 3. The topological polar surface area (TPSA) is 103 Å². The average molecular weight is 613 g/mol. The first kappa shape index (κ1) is 31.0. The highest BCUT2D eigenvalue weighted by Crippen LogP contribution is 2.30. The molecule has 1 aliphatic rings. The Morgan fingerprint density at radius 1 is 0.929 bits per heavy atom. The third-order valence-electron chi connectivity index (χ3n) is 6.91. The van der Waals surface area contributed by atoms with Crippen molar-refractivity contribution < 1.29 is 19.1 Å². The van der Waals surface area contributed by atoms with E-state index >= 15 is 0 Å². The summed E-state index contributed by atoms with van der Waals surface area (Å²) >= 11 is 12.4. The zero-order valence-corrected chi connectivity index (χ0v) is 25.2. The number of methoxy groups -OCH3 is 1. The second kappa shape index (κ2) is 14.8. The summed E-state index contributed by atoms with van der Waals surface area (Å²) in [6.07, 6.45) is 1.17. The van der Waals surface area contributed by atoms with Gasteiger partial charge in [-0.05, 0) is 67.4 Å². The monoisotopic (exact) mass is 611 g/mol. The molecule has 1 heterocycles. The number of carbonyl (C=O) groups is 3. The van der Waals surface area contributed by atoms with E-state index in [2.05, 4.69) is 20.9 Å². The summed E-state index contributed by atoms with van der Waals surface area (Å²) in [5.41, 5.74) is 2.27. The van der Waals surface area contributed by atoms with E-state index in [1.807, 2.05) is 25.1 Å². The molecule has 11 heteroatoms. The van der Waals surface area contributed by atoms with Crippen molar-refractivity contribution in [2.45, 2.75) is 25.3 Å². The molecular formula is C31H35Cl2N5O4. The van der Waals surface area contributed by atoms with Crippen LogP contribution in [-0.4, -0.2) is 68.1 Å². The molecule has 0 radical (unpaired) electrons. The van der Waals surface area contributed by atoms with Crippen molar-refractivity contribution >= 4 is 52.4 Å². The molecule has 4 rings (SSSR count). The molecule has 0 spiro atoms. The lowest BCUT2D eigenvalue weighted by molar-refractivity contribution is 0.0947. The van der Waals surface area contributed by atoms with Gasteiger partial charge in [0.15, 0.2) is 0 Å². The summed E-state index contributed by atoms with van der Waals surface area (Å²) in [6.45, 7) is 4.84. The maximum Gasteiger partial charge on any atom is 0.317 e. The van der Waals surface area contributed by atoms with Crippen molar-refractivity contribution in [3.05, 3.63) is 88.4 Å². The van der Waals surface area contributed by atoms with E-state index in [0.29, 0.717) is 66.7 Å². The molecule has 0 aliphatic carbocycles. The van der Waals surface area contributed by atoms with Crippen molar-refractivity contribution in [1.82, 2.24) is 15.5 Å². The van der Waals surface area contributed by atoms with Crippen LogP contribution in [0.1, 0.15) is 39.6 Å². The molecule has 222 valence electrons. The highest BCUT2D eigenvalue weighted by atomic mass is 35.5. The number of ether oxygens (including phenoxy) is 1. The Kier molecular flexibility index (Phi) is 10.9. The van der Waals surface area contributed by atoms with Crippen molar-refractivity contribution in [3.63, 3.8) is 0 Å². The number of urea groups is 1. The predicted molar refractivity (Wildman–Crippen MR) is 167 cm³/mol. The van der Waals surface area contributed by atoms with Crippen LogP contribution in [-0.2, 0) is 6.42 Å². The molecule has 0 saturated carbocycles. The Balaban J connectivity index is 1.56. The van der Waals surface area contributed by atoms with Gasteiger partial charge < -0.3 is 30.5 Å². The van der Waals surface area contributed by atoms with Gasteiger partial charge in [0.2, 0.25) is 0 Å². The van der Waals surface area contributed by atoms with E-state index in [1.165, 1.54) is 7.11 Å². The fraction of sp³-hybridized carbons (Fsp3) is 0.323. The molecule has 3 N–H and O–H groups in total. The van der Waals surface area contributed by atoms with E-state index in [0.717, 1.165) is 17.7 Å². The number of hydrogen-bond donors (Lipinski definition) is 3. The minimum atomic E-state index is -0.654. The van der Waals surface area contributed by atoms with E-state index in [4.69, 9.17) is 27.9 Å². The highest BCUT2D eigenvalue weighted by molar-refractivity contribution is 6.30. The number of rotatable bonds is 9. The van der Waals surface area contributed by atoms with Crippen LogP contribution < -0.4 is 25.6 Å². The Labute approximate surface area is 256 Å². The number of anilines is 2. The molecule has 9 nitrogen and oxygen atoms in total. The lowest BCUT2D eigenvalue weighted by Gasteiger charge is -2.26. The molecule has 0 bridgehead atoms. The molecule has 3 aromatic carbocycles. The minimum absolute atomic E-state index is 0.0906. The van der Waals surface area contributed by atoms with Gasteiger partial charge >= 0.3 is 6.03 Å². The minimum Gasteiger partial charge on any atom is -0.497 e. The van der Waals surface area contributed by atoms with Gasteiger partial charge in [-0.25, -0.2) is 4.79 Å². The number of halogens is 2. The van der Waals surface area contributed by atoms with E-state index < -0.39 is 5.50 Å². The van der Waals surface area contributed by atoms with Crippen molar-refractivity contribution in [2.24, 2.45) is 0 Å². The molecule has 4 amide bonds. The van der Waals surface area contributed by atoms with Crippen molar-refractivity contribution in [2.75, 3.05) is 50.1 Å². The van der Waals surface area contributed by atoms with Gasteiger partial charge in [0.05, 0.1) is 18.5 Å². The lowest BCUT2D eigenvalue weighted by atomic mass is 10.1. The summed E-state index contributed by atoms with van der Waals surface area (Å²) < 4.78 is 5.27. The summed E-state index contributed by atoms with van der Waals surface area (Å²) in [4.78, 5) is 42.8. The van der Waals surface area contributed by atoms with Crippen LogP contribution in [0.2, 0.25) is 5.02 Å². The quantitative estimate of drug-likeness (QED) is 0.223. The standard InChI is InChI=1S/C31H35Cl2N5O4/c1-3-34-31(41)38-15-5-14-37(16-17-38)27-13-10-23(30(40)36-28(33)18-21-8-11-24(32)12-9-21)20-26(27)35-29(39)22-6-4-7-25(19-22)42-2/h4,6-13,19-20,28H,3,5,14-18H2,1-2H3,(H,34,41)(H,35,39)(H,36,40). The number of alkyl halides is 1. The second-order valence-electron chi connectivity index (χ2n) is 9.85. The predicted octanol–water partition coefficient (Wildman–Crippen LogP) is 5.38. The Morgan fingerprint density at radius 3 is 2.43 bits per heavy atom. The second-order valence-corrected chi connectivity index (χ2v) is 10.8. The van der Waals surface area contributed by atoms with Crippen molar-refractivity contribution in [1.29, 1.82) is 0 Å². The van der Waals surface area contributed by atoms with Gasteiger partial charge in [0.25, 0.3) is 11.8 Å². The van der Waals surface area contributed by atoms with Crippen LogP contribution in [0.3, 0.4) is 0 Å². The third-order valence-corrected chi connectivity index (χ3v) is 7.42. The lowest BCUT2D eigenvalue weighted by Crippen LogP contribution is -2.42. The Bertz CT molecular complexity index is 1400. The Hall–Kier alpha value is -3.95. The van der Waals surface area contributed by atoms with E-state index in [-0.39, 0.29) is 17.8 Å². The number of nitrogens with one attached hydrogen (secondary N) is 3. The zero-order valence-electron chi connectivity index (χ0n) is 23.7. The number of carbonyl (C=O) groups excluding carboxylic acids is 3. The maximum absolute atomic E-state index is 13.3. The van der Waals surface area contributed by atoms with Gasteiger partial charge in [0.1, 0.15) is 11.3 Å². The van der Waals surface area contributed by atoms with Crippen LogP contribution in [0, 0.1) is 0 Å². The number of amides is 4. The van der Waals surface area contributed by atoms with Gasteiger partial charge in [-0.3, -0.25) is 9.59 Å². The molecule has 1 fully saturated rings. The molecule has 42 heavy (non-hydrogen) atoms. The average Bonchev–Trinajstić information content (AvgIpc) is 3.25. The fourth-order valence-corrected chi connectivity index (χ4v) is 5.14. The smallest absolute Gasteiger partial charge is 0.317 e. The van der Waals surface area contributed by atoms with Crippen LogP contribution in [0.4, 0.5) is 16.2 Å². The molecule has 1 unspecified atom stereocenters. The zero-order chi connectivity index (χ0) is 30.1. The SMILES string of the molecule is CCNC(=O)N1CCCN(c2ccc(C(=O)NC(Cl)Cc3ccc(Cl)cc3)cc2NC(=O)c2cccc(OC)c2)CC1. The molecule has 1 aliphatic heterocycles. The Morgan fingerprint density at radius 2 is 1.69 bits per heavy atom. The van der Waals surface area contributed by atoms with Crippen LogP contribution in [0.15, 0.2) is 66.7 Å². The summed E-state index contributed by atoms with van der Waals surface area (Å²) in [6, 6.07) is 19.2. The first-order valence-corrected chi connectivity index (χ1v) is 14.7. The maximum atomic E-state index is 13.3. The third kappa shape index (κ3) is 8.30. The van der Waals surface area contributed by atoms with E-state index in [1.54, 1.807) is 53.4 Å². The fourth-order valence-electron chi connectivity index (χ4n) is 4.74. The summed E-state index contributed by atoms with van der Waals surface area (Å²) in [7, 11) is 1.54. The van der Waals surface area contributed by atoms with E-state index in [9.17, 15) is 14.4 Å². The largest absolute Gasteiger partial charge is 0.497 e.